The molecule has 0 aromatic heterocycles. The van der Waals surface area contributed by atoms with Crippen LogP contribution >= 0.6 is 24.0 Å². The van der Waals surface area contributed by atoms with Gasteiger partial charge in [-0.15, -0.1) is 24.0 Å². The lowest BCUT2D eigenvalue weighted by molar-refractivity contribution is -0.117. The number of hydrogen-bond acceptors (Lipinski definition) is 3. The zero-order valence-electron chi connectivity index (χ0n) is 16.0. The van der Waals surface area contributed by atoms with Crippen LogP contribution in [0.3, 0.4) is 0 Å². The lowest BCUT2D eigenvalue weighted by atomic mass is 10.1. The lowest BCUT2D eigenvalue weighted by Crippen LogP contribution is -2.44. The van der Waals surface area contributed by atoms with Gasteiger partial charge in [-0.25, -0.2) is 0 Å². The highest BCUT2D eigenvalue weighted by molar-refractivity contribution is 14.0. The highest BCUT2D eigenvalue weighted by Gasteiger charge is 2.30. The van der Waals surface area contributed by atoms with Crippen molar-refractivity contribution in [2.75, 3.05) is 25.0 Å². The first-order valence-electron chi connectivity index (χ1n) is 9.26. The smallest absolute Gasteiger partial charge is 0.229 e. The molecule has 1 fully saturated rings. The van der Waals surface area contributed by atoms with E-state index in [2.05, 4.69) is 15.6 Å². The third-order valence-corrected chi connectivity index (χ3v) is 4.63. The number of aryl methyl sites for hydroxylation is 1. The molecule has 1 amide bonds. The molecule has 0 saturated carbocycles. The monoisotopic (exact) mass is 494 g/mol. The van der Waals surface area contributed by atoms with Crippen molar-refractivity contribution in [3.63, 3.8) is 0 Å². The Morgan fingerprint density at radius 3 is 2.57 bits per heavy atom. The standard InChI is InChI=1S/C21H26N4O2.HI/c1-22-21(23-13-5-6-16-9-11-19(26)12-10-16)24-17-14-20(27)25(15-17)18-7-3-2-4-8-18;/h2-4,7-12,17,26H,5-6,13-15H2,1H3,(H2,22,23,24);1H. The SMILES string of the molecule is CN=C(NCCCc1ccc(O)cc1)NC1CC(=O)N(c2ccccc2)C1.I. The van der Waals surface area contributed by atoms with Crippen LogP contribution in [0.1, 0.15) is 18.4 Å². The van der Waals surface area contributed by atoms with Crippen LogP contribution in [0.25, 0.3) is 0 Å². The third kappa shape index (κ3) is 6.12. The van der Waals surface area contributed by atoms with Crippen LogP contribution in [0.2, 0.25) is 0 Å². The summed E-state index contributed by atoms with van der Waals surface area (Å²) in [7, 11) is 1.74. The van der Waals surface area contributed by atoms with Crippen LogP contribution in [0.5, 0.6) is 5.75 Å². The van der Waals surface area contributed by atoms with Gasteiger partial charge in [0, 0.05) is 32.2 Å². The third-order valence-electron chi connectivity index (χ3n) is 4.63. The van der Waals surface area contributed by atoms with E-state index in [1.54, 1.807) is 19.2 Å². The Morgan fingerprint density at radius 1 is 1.18 bits per heavy atom. The van der Waals surface area contributed by atoms with Gasteiger partial charge in [-0.1, -0.05) is 30.3 Å². The first kappa shape index (κ1) is 22.0. The molecule has 7 heteroatoms. The molecule has 1 unspecified atom stereocenters. The average molecular weight is 494 g/mol. The van der Waals surface area contributed by atoms with Crippen molar-refractivity contribution < 1.29 is 9.90 Å². The molecule has 6 nitrogen and oxygen atoms in total. The van der Waals surface area contributed by atoms with E-state index >= 15 is 0 Å². The molecule has 2 aromatic rings. The number of nitrogens with one attached hydrogen (secondary N) is 2. The van der Waals surface area contributed by atoms with Gasteiger partial charge in [-0.05, 0) is 42.7 Å². The van der Waals surface area contributed by atoms with E-state index in [1.807, 2.05) is 47.4 Å². The van der Waals surface area contributed by atoms with Crippen LogP contribution in [0, 0.1) is 0 Å². The highest BCUT2D eigenvalue weighted by Crippen LogP contribution is 2.20. The van der Waals surface area contributed by atoms with Crippen molar-refractivity contribution in [2.24, 2.45) is 4.99 Å². The van der Waals surface area contributed by atoms with E-state index in [4.69, 9.17) is 0 Å². The number of carbonyl (C=O) groups is 1. The minimum absolute atomic E-state index is 0. The molecule has 28 heavy (non-hydrogen) atoms. The van der Waals surface area contributed by atoms with Crippen molar-refractivity contribution >= 4 is 41.5 Å². The zero-order chi connectivity index (χ0) is 19.1. The molecule has 0 aliphatic carbocycles. The fourth-order valence-corrected chi connectivity index (χ4v) is 3.21. The number of hydrogen-bond donors (Lipinski definition) is 3. The summed E-state index contributed by atoms with van der Waals surface area (Å²) < 4.78 is 0. The molecule has 2 aromatic carbocycles. The van der Waals surface area contributed by atoms with Crippen LogP contribution < -0.4 is 15.5 Å². The van der Waals surface area contributed by atoms with Crippen molar-refractivity contribution in [2.45, 2.75) is 25.3 Å². The maximum Gasteiger partial charge on any atom is 0.229 e. The Labute approximate surface area is 183 Å². The van der Waals surface area contributed by atoms with Crippen LogP contribution in [0.15, 0.2) is 59.6 Å². The summed E-state index contributed by atoms with van der Waals surface area (Å²) in [5, 5.41) is 16.0. The van der Waals surface area contributed by atoms with Crippen LogP contribution in [-0.4, -0.2) is 43.2 Å². The minimum atomic E-state index is 0. The maximum absolute atomic E-state index is 12.3. The topological polar surface area (TPSA) is 77.0 Å². The van der Waals surface area contributed by atoms with E-state index in [-0.39, 0.29) is 41.7 Å². The number of guanidine groups is 1. The number of aromatic hydroxyl groups is 1. The molecular formula is C21H27IN4O2. The Kier molecular flexibility index (Phi) is 8.56. The van der Waals surface area contributed by atoms with Gasteiger partial charge < -0.3 is 20.6 Å². The molecule has 1 heterocycles. The van der Waals surface area contributed by atoms with E-state index in [0.717, 1.165) is 25.1 Å². The lowest BCUT2D eigenvalue weighted by Gasteiger charge is -2.19. The van der Waals surface area contributed by atoms with E-state index in [1.165, 1.54) is 5.56 Å². The molecule has 1 saturated heterocycles. The van der Waals surface area contributed by atoms with Crippen molar-refractivity contribution in [3.8, 4) is 5.75 Å². The molecule has 1 aliphatic rings. The predicted octanol–water partition coefficient (Wildman–Crippen LogP) is 2.91. The van der Waals surface area contributed by atoms with Crippen molar-refractivity contribution in [1.82, 2.24) is 10.6 Å². The Morgan fingerprint density at radius 2 is 1.89 bits per heavy atom. The molecule has 3 rings (SSSR count). The number of amides is 1. The summed E-state index contributed by atoms with van der Waals surface area (Å²) in [4.78, 5) is 18.4. The zero-order valence-corrected chi connectivity index (χ0v) is 18.3. The van der Waals surface area contributed by atoms with Crippen molar-refractivity contribution in [1.29, 1.82) is 0 Å². The Bertz CT molecular complexity index is 781. The van der Waals surface area contributed by atoms with Gasteiger partial charge >= 0.3 is 0 Å². The van der Waals surface area contributed by atoms with Gasteiger partial charge in [0.15, 0.2) is 5.96 Å². The number of rotatable bonds is 6. The van der Waals surface area contributed by atoms with E-state index < -0.39 is 0 Å². The predicted molar refractivity (Wildman–Crippen MR) is 124 cm³/mol. The second kappa shape index (κ2) is 10.9. The summed E-state index contributed by atoms with van der Waals surface area (Å²) in [5.41, 5.74) is 2.13. The second-order valence-corrected chi connectivity index (χ2v) is 6.65. The largest absolute Gasteiger partial charge is 0.508 e. The summed E-state index contributed by atoms with van der Waals surface area (Å²) >= 11 is 0. The van der Waals surface area contributed by atoms with E-state index in [9.17, 15) is 9.90 Å². The van der Waals surface area contributed by atoms with Gasteiger partial charge in [-0.2, -0.15) is 0 Å². The summed E-state index contributed by atoms with van der Waals surface area (Å²) in [6.45, 7) is 1.42. The average Bonchev–Trinajstić information content (AvgIpc) is 3.06. The number of para-hydroxylation sites is 1. The molecular weight excluding hydrogens is 467 g/mol. The molecule has 0 radical (unpaired) electrons. The molecule has 3 N–H and O–H groups in total. The quantitative estimate of drug-likeness (QED) is 0.250. The van der Waals surface area contributed by atoms with Crippen LogP contribution in [-0.2, 0) is 11.2 Å². The first-order chi connectivity index (χ1) is 13.2. The van der Waals surface area contributed by atoms with Crippen LogP contribution in [0.4, 0.5) is 5.69 Å². The number of nitrogens with zero attached hydrogens (tertiary/aromatic N) is 2. The number of halogens is 1. The van der Waals surface area contributed by atoms with Gasteiger partial charge in [0.1, 0.15) is 5.75 Å². The van der Waals surface area contributed by atoms with Gasteiger partial charge in [-0.3, -0.25) is 9.79 Å². The minimum Gasteiger partial charge on any atom is -0.508 e. The Balaban J connectivity index is 0.00000280. The normalized spacial score (nSPS) is 16.6. The fraction of sp³-hybridized carbons (Fsp3) is 0.333. The number of carbonyl (C=O) groups excluding carboxylic acids is 1. The fourth-order valence-electron chi connectivity index (χ4n) is 3.21. The molecule has 150 valence electrons. The molecule has 1 atom stereocenters. The van der Waals surface area contributed by atoms with E-state index in [0.29, 0.717) is 18.9 Å². The highest BCUT2D eigenvalue weighted by atomic mass is 127. The maximum atomic E-state index is 12.3. The van der Waals surface area contributed by atoms with Crippen molar-refractivity contribution in [3.05, 3.63) is 60.2 Å². The number of aliphatic imine (C=N–C) groups is 1. The van der Waals surface area contributed by atoms with Gasteiger partial charge in [0.2, 0.25) is 5.91 Å². The second-order valence-electron chi connectivity index (χ2n) is 6.65. The number of phenols is 1. The molecule has 1 aliphatic heterocycles. The molecule has 0 spiro atoms. The van der Waals surface area contributed by atoms with Gasteiger partial charge in [0.25, 0.3) is 0 Å². The Hall–Kier alpha value is -2.29. The summed E-state index contributed by atoms with van der Waals surface area (Å²) in [5.74, 6) is 1.13. The van der Waals surface area contributed by atoms with Gasteiger partial charge in [0.05, 0.1) is 6.04 Å². The summed E-state index contributed by atoms with van der Waals surface area (Å²) in [6.07, 6.45) is 2.34. The number of benzene rings is 2. The number of phenolic OH excluding ortho intramolecular Hbond substituents is 1. The summed E-state index contributed by atoms with van der Waals surface area (Å²) in [6, 6.07) is 17.1. The number of anilines is 1. The molecule has 0 bridgehead atoms. The first-order valence-corrected chi connectivity index (χ1v) is 9.26.